The molecule has 0 spiro atoms. The standard InChI is InChI=1S/C21H20BrClN2O4/c1-14(16-9-6-7-15(11-16)12-19(22)23)24-29-13-17-8-4-5-10-18(17)20(25-28-3)21(26)27-2/h4-12,24H,1,13H2,2-3H3. The van der Waals surface area contributed by atoms with Gasteiger partial charge in [0, 0.05) is 5.56 Å². The van der Waals surface area contributed by atoms with Crippen molar-refractivity contribution < 1.29 is 19.2 Å². The number of halogens is 2. The van der Waals surface area contributed by atoms with Crippen LogP contribution in [0.3, 0.4) is 0 Å². The minimum atomic E-state index is -0.605. The number of nitrogens with zero attached hydrogens (tertiary/aromatic N) is 1. The molecular formula is C21H20BrClN2O4. The molecule has 0 saturated heterocycles. The number of hydroxylamine groups is 1. The van der Waals surface area contributed by atoms with E-state index in [9.17, 15) is 4.79 Å². The summed E-state index contributed by atoms with van der Waals surface area (Å²) in [5.74, 6) is -0.605. The van der Waals surface area contributed by atoms with Crippen LogP contribution < -0.4 is 5.48 Å². The predicted octanol–water partition coefficient (Wildman–Crippen LogP) is 4.83. The van der Waals surface area contributed by atoms with E-state index in [1.54, 1.807) is 18.2 Å². The van der Waals surface area contributed by atoms with Crippen LogP contribution in [-0.2, 0) is 25.8 Å². The topological polar surface area (TPSA) is 69.1 Å². The summed E-state index contributed by atoms with van der Waals surface area (Å²) in [6, 6.07) is 14.8. The maximum absolute atomic E-state index is 12.0. The molecule has 0 aliphatic heterocycles. The van der Waals surface area contributed by atoms with E-state index < -0.39 is 5.97 Å². The van der Waals surface area contributed by atoms with Crippen LogP contribution in [0.25, 0.3) is 11.8 Å². The Hall–Kier alpha value is -2.61. The van der Waals surface area contributed by atoms with Gasteiger partial charge in [-0.2, -0.15) is 0 Å². The Morgan fingerprint density at radius 1 is 1.24 bits per heavy atom. The second-order valence-corrected chi connectivity index (χ2v) is 7.42. The lowest BCUT2D eigenvalue weighted by atomic mass is 10.0. The van der Waals surface area contributed by atoms with Crippen LogP contribution in [0.2, 0.25) is 0 Å². The first-order chi connectivity index (χ1) is 14.0. The first kappa shape index (κ1) is 22.7. The minimum Gasteiger partial charge on any atom is -0.464 e. The molecule has 29 heavy (non-hydrogen) atoms. The van der Waals surface area contributed by atoms with Crippen molar-refractivity contribution in [2.45, 2.75) is 6.61 Å². The molecule has 0 fully saturated rings. The van der Waals surface area contributed by atoms with Gasteiger partial charge in [-0.3, -0.25) is 10.3 Å². The lowest BCUT2D eigenvalue weighted by Gasteiger charge is -2.13. The normalized spacial score (nSPS) is 11.7. The van der Waals surface area contributed by atoms with Crippen molar-refractivity contribution in [1.82, 2.24) is 5.48 Å². The van der Waals surface area contributed by atoms with Gasteiger partial charge in [0.15, 0.2) is 5.71 Å². The first-order valence-electron chi connectivity index (χ1n) is 8.43. The number of nitrogens with one attached hydrogen (secondary N) is 1. The van der Waals surface area contributed by atoms with Gasteiger partial charge in [-0.15, -0.1) is 0 Å². The molecule has 0 saturated carbocycles. The quantitative estimate of drug-likeness (QED) is 0.317. The summed E-state index contributed by atoms with van der Waals surface area (Å²) >= 11 is 9.05. The second-order valence-electron chi connectivity index (χ2n) is 5.70. The molecule has 2 aromatic rings. The first-order valence-corrected chi connectivity index (χ1v) is 9.61. The molecule has 152 valence electrons. The van der Waals surface area contributed by atoms with E-state index in [-0.39, 0.29) is 12.3 Å². The number of hydrogen-bond acceptors (Lipinski definition) is 6. The lowest BCUT2D eigenvalue weighted by molar-refractivity contribution is -0.132. The number of benzene rings is 2. The van der Waals surface area contributed by atoms with E-state index in [2.05, 4.69) is 33.1 Å². The highest BCUT2D eigenvalue weighted by atomic mass is 79.9. The Labute approximate surface area is 182 Å². The fourth-order valence-corrected chi connectivity index (χ4v) is 2.85. The maximum Gasteiger partial charge on any atom is 0.360 e. The second kappa shape index (κ2) is 11.4. The predicted molar refractivity (Wildman–Crippen MR) is 118 cm³/mol. The van der Waals surface area contributed by atoms with Crippen LogP contribution in [0.1, 0.15) is 22.3 Å². The average molecular weight is 480 g/mol. The van der Waals surface area contributed by atoms with Gasteiger partial charge in [0.05, 0.1) is 16.7 Å². The smallest absolute Gasteiger partial charge is 0.360 e. The number of oxime groups is 1. The van der Waals surface area contributed by atoms with Crippen LogP contribution in [0.15, 0.2) is 64.2 Å². The molecule has 0 atom stereocenters. The Balaban J connectivity index is 2.10. The lowest BCUT2D eigenvalue weighted by Crippen LogP contribution is -2.20. The summed E-state index contributed by atoms with van der Waals surface area (Å²) < 4.78 is 5.28. The number of rotatable bonds is 9. The zero-order valence-corrected chi connectivity index (χ0v) is 18.3. The van der Waals surface area contributed by atoms with Gasteiger partial charge >= 0.3 is 5.97 Å². The molecule has 0 aromatic heterocycles. The summed E-state index contributed by atoms with van der Waals surface area (Å²) in [6.07, 6.45) is 1.78. The molecular weight excluding hydrogens is 460 g/mol. The van der Waals surface area contributed by atoms with Gasteiger partial charge in [0.2, 0.25) is 0 Å². The van der Waals surface area contributed by atoms with Gasteiger partial charge in [0.25, 0.3) is 0 Å². The molecule has 0 aliphatic carbocycles. The Kier molecular flexibility index (Phi) is 8.92. The fraction of sp³-hybridized carbons (Fsp3) is 0.143. The monoisotopic (exact) mass is 478 g/mol. The van der Waals surface area contributed by atoms with Gasteiger partial charge in [0.1, 0.15) is 13.7 Å². The van der Waals surface area contributed by atoms with Crippen molar-refractivity contribution >= 4 is 51.0 Å². The summed E-state index contributed by atoms with van der Waals surface area (Å²) in [4.78, 5) is 22.4. The Bertz CT molecular complexity index is 940. The van der Waals surface area contributed by atoms with Crippen LogP contribution in [0.5, 0.6) is 0 Å². The molecule has 0 amide bonds. The zero-order chi connectivity index (χ0) is 21.2. The number of carbonyl (C=O) groups is 1. The molecule has 0 aliphatic rings. The molecule has 0 bridgehead atoms. The average Bonchev–Trinajstić information content (AvgIpc) is 2.71. The van der Waals surface area contributed by atoms with Crippen molar-refractivity contribution in [3.8, 4) is 0 Å². The molecule has 2 rings (SSSR count). The van der Waals surface area contributed by atoms with E-state index >= 15 is 0 Å². The third-order valence-electron chi connectivity index (χ3n) is 3.77. The van der Waals surface area contributed by atoms with Gasteiger partial charge in [-0.05, 0) is 44.8 Å². The number of esters is 1. The fourth-order valence-electron chi connectivity index (χ4n) is 2.46. The number of hydrogen-bond donors (Lipinski definition) is 1. The molecule has 1 N–H and O–H groups in total. The highest BCUT2D eigenvalue weighted by Gasteiger charge is 2.19. The SMILES string of the molecule is C=C(NOCc1ccccc1C(=NOC)C(=O)OC)c1cccc(C=C(Cl)Br)c1. The van der Waals surface area contributed by atoms with Crippen molar-refractivity contribution in [2.24, 2.45) is 5.16 Å². The Morgan fingerprint density at radius 3 is 2.69 bits per heavy atom. The Morgan fingerprint density at radius 2 is 2.00 bits per heavy atom. The third-order valence-corrected chi connectivity index (χ3v) is 4.11. The zero-order valence-electron chi connectivity index (χ0n) is 15.9. The molecule has 0 radical (unpaired) electrons. The number of ether oxygens (including phenoxy) is 1. The van der Waals surface area contributed by atoms with Gasteiger partial charge in [-0.25, -0.2) is 4.79 Å². The molecule has 2 aromatic carbocycles. The summed E-state index contributed by atoms with van der Waals surface area (Å²) in [5.41, 5.74) is 6.47. The van der Waals surface area contributed by atoms with E-state index in [1.807, 2.05) is 36.4 Å². The van der Waals surface area contributed by atoms with Gasteiger partial charge < -0.3 is 9.57 Å². The molecule has 6 nitrogen and oxygen atoms in total. The summed E-state index contributed by atoms with van der Waals surface area (Å²) in [7, 11) is 2.64. The molecule has 0 heterocycles. The highest BCUT2D eigenvalue weighted by Crippen LogP contribution is 2.19. The van der Waals surface area contributed by atoms with Crippen molar-refractivity contribution in [1.29, 1.82) is 0 Å². The van der Waals surface area contributed by atoms with Crippen LogP contribution in [-0.4, -0.2) is 25.9 Å². The van der Waals surface area contributed by atoms with Crippen LogP contribution >= 0.6 is 27.5 Å². The van der Waals surface area contributed by atoms with Crippen LogP contribution in [0.4, 0.5) is 0 Å². The van der Waals surface area contributed by atoms with E-state index in [1.165, 1.54) is 14.2 Å². The number of methoxy groups -OCH3 is 1. The van der Waals surface area contributed by atoms with E-state index in [0.29, 0.717) is 15.2 Å². The summed E-state index contributed by atoms with van der Waals surface area (Å²) in [6.45, 7) is 4.14. The van der Waals surface area contributed by atoms with E-state index in [4.69, 9.17) is 26.0 Å². The van der Waals surface area contributed by atoms with Crippen molar-refractivity contribution in [3.05, 3.63) is 81.3 Å². The number of carbonyl (C=O) groups excluding carboxylic acids is 1. The molecule has 8 heteroatoms. The molecule has 0 unspecified atom stereocenters. The summed E-state index contributed by atoms with van der Waals surface area (Å²) in [5, 5.41) is 3.78. The largest absolute Gasteiger partial charge is 0.464 e. The van der Waals surface area contributed by atoms with E-state index in [0.717, 1.165) is 16.7 Å². The third kappa shape index (κ3) is 6.74. The minimum absolute atomic E-state index is 0.0548. The van der Waals surface area contributed by atoms with Gasteiger partial charge in [-0.1, -0.05) is 65.8 Å². The van der Waals surface area contributed by atoms with Crippen molar-refractivity contribution in [2.75, 3.05) is 14.2 Å². The highest BCUT2D eigenvalue weighted by molar-refractivity contribution is 9.12. The maximum atomic E-state index is 12.0. The van der Waals surface area contributed by atoms with Crippen LogP contribution in [0, 0.1) is 0 Å². The van der Waals surface area contributed by atoms with Crippen molar-refractivity contribution in [3.63, 3.8) is 0 Å².